The normalized spacial score (nSPS) is 14.4. The van der Waals surface area contributed by atoms with Gasteiger partial charge >= 0.3 is 12.2 Å². The fourth-order valence-electron chi connectivity index (χ4n) is 3.14. The molecule has 0 atom stereocenters. The van der Waals surface area contributed by atoms with Gasteiger partial charge in [0.05, 0.1) is 16.8 Å². The number of nitrogens with zero attached hydrogens (tertiary/aromatic N) is 4. The summed E-state index contributed by atoms with van der Waals surface area (Å²) in [6, 6.07) is 2.44. The van der Waals surface area contributed by atoms with Crippen molar-refractivity contribution in [1.82, 2.24) is 9.97 Å². The van der Waals surface area contributed by atoms with Crippen LogP contribution in [0.4, 0.5) is 41.1 Å². The van der Waals surface area contributed by atoms with Crippen molar-refractivity contribution in [2.24, 2.45) is 0 Å². The summed E-state index contributed by atoms with van der Waals surface area (Å²) >= 11 is 5.61. The van der Waals surface area contributed by atoms with Gasteiger partial charge in [-0.3, -0.25) is 0 Å². The van der Waals surface area contributed by atoms with E-state index in [9.17, 15) is 18.0 Å². The molecule has 162 valence electrons. The molecule has 1 aromatic heterocycles. The largest absolute Gasteiger partial charge is 0.417 e. The SMILES string of the molecule is CN(C)c1nc(N2CCCCC2)ncc1NC(=O)Nc1ccc(Cl)c(C(F)(F)F)c1. The monoisotopic (exact) mass is 442 g/mol. The van der Waals surface area contributed by atoms with Gasteiger partial charge in [0.2, 0.25) is 5.95 Å². The molecule has 0 saturated carbocycles. The molecule has 2 aromatic rings. The summed E-state index contributed by atoms with van der Waals surface area (Å²) in [6.45, 7) is 1.75. The van der Waals surface area contributed by atoms with E-state index in [4.69, 9.17) is 11.6 Å². The van der Waals surface area contributed by atoms with Crippen molar-refractivity contribution in [3.05, 3.63) is 35.0 Å². The van der Waals surface area contributed by atoms with E-state index < -0.39 is 22.8 Å². The molecule has 0 unspecified atom stereocenters. The van der Waals surface area contributed by atoms with Crippen LogP contribution in [0.3, 0.4) is 0 Å². The number of amides is 2. The van der Waals surface area contributed by atoms with E-state index in [2.05, 4.69) is 25.5 Å². The van der Waals surface area contributed by atoms with Gasteiger partial charge < -0.3 is 20.4 Å². The number of carbonyl (C=O) groups excluding carboxylic acids is 1. The molecule has 2 N–H and O–H groups in total. The maximum absolute atomic E-state index is 13.0. The summed E-state index contributed by atoms with van der Waals surface area (Å²) in [6.07, 6.45) is 0.196. The van der Waals surface area contributed by atoms with Gasteiger partial charge in [-0.1, -0.05) is 11.6 Å². The number of aromatic nitrogens is 2. The van der Waals surface area contributed by atoms with Gasteiger partial charge in [-0.25, -0.2) is 9.78 Å². The molecule has 1 aromatic carbocycles. The molecular weight excluding hydrogens is 421 g/mol. The molecule has 7 nitrogen and oxygen atoms in total. The summed E-state index contributed by atoms with van der Waals surface area (Å²) in [7, 11) is 3.56. The van der Waals surface area contributed by atoms with Crippen LogP contribution in [0.1, 0.15) is 24.8 Å². The van der Waals surface area contributed by atoms with Crippen LogP contribution in [0.2, 0.25) is 5.02 Å². The Morgan fingerprint density at radius 2 is 1.87 bits per heavy atom. The first-order valence-electron chi connectivity index (χ1n) is 9.39. The van der Waals surface area contributed by atoms with Crippen LogP contribution >= 0.6 is 11.6 Å². The number of hydrogen-bond donors (Lipinski definition) is 2. The van der Waals surface area contributed by atoms with Crippen LogP contribution in [0.15, 0.2) is 24.4 Å². The lowest BCUT2D eigenvalue weighted by molar-refractivity contribution is -0.137. The number of hydrogen-bond acceptors (Lipinski definition) is 5. The van der Waals surface area contributed by atoms with Crippen molar-refractivity contribution in [1.29, 1.82) is 0 Å². The number of benzene rings is 1. The highest BCUT2D eigenvalue weighted by atomic mass is 35.5. The second-order valence-corrected chi connectivity index (χ2v) is 7.53. The molecule has 0 aliphatic carbocycles. The molecule has 11 heteroatoms. The molecule has 1 saturated heterocycles. The Kier molecular flexibility index (Phi) is 6.55. The molecule has 30 heavy (non-hydrogen) atoms. The second kappa shape index (κ2) is 8.95. The van der Waals surface area contributed by atoms with Crippen LogP contribution in [0.25, 0.3) is 0 Å². The topological polar surface area (TPSA) is 73.4 Å². The van der Waals surface area contributed by atoms with E-state index in [0.717, 1.165) is 38.1 Å². The molecule has 0 bridgehead atoms. The molecule has 1 aliphatic heterocycles. The number of urea groups is 1. The summed E-state index contributed by atoms with van der Waals surface area (Å²) in [4.78, 5) is 25.1. The zero-order valence-corrected chi connectivity index (χ0v) is 17.3. The van der Waals surface area contributed by atoms with Gasteiger partial charge in [-0.15, -0.1) is 0 Å². The van der Waals surface area contributed by atoms with Crippen LogP contribution in [-0.2, 0) is 6.18 Å². The van der Waals surface area contributed by atoms with Gasteiger partial charge in [0.1, 0.15) is 5.69 Å². The molecule has 1 aliphatic rings. The van der Waals surface area contributed by atoms with Crippen molar-refractivity contribution < 1.29 is 18.0 Å². The minimum Gasteiger partial charge on any atom is -0.361 e. The number of halogens is 4. The first-order valence-corrected chi connectivity index (χ1v) is 9.77. The minimum absolute atomic E-state index is 0.0403. The van der Waals surface area contributed by atoms with E-state index in [1.807, 2.05) is 0 Å². The van der Waals surface area contributed by atoms with E-state index in [1.165, 1.54) is 18.7 Å². The first-order chi connectivity index (χ1) is 14.1. The van der Waals surface area contributed by atoms with Gasteiger partial charge in [0.25, 0.3) is 0 Å². The van der Waals surface area contributed by atoms with E-state index in [1.54, 1.807) is 19.0 Å². The van der Waals surface area contributed by atoms with E-state index in [-0.39, 0.29) is 5.69 Å². The van der Waals surface area contributed by atoms with E-state index in [0.29, 0.717) is 17.5 Å². The third-order valence-corrected chi connectivity index (χ3v) is 4.93. The van der Waals surface area contributed by atoms with Crippen molar-refractivity contribution in [2.45, 2.75) is 25.4 Å². The number of carbonyl (C=O) groups is 1. The van der Waals surface area contributed by atoms with Crippen LogP contribution in [-0.4, -0.2) is 43.2 Å². The Morgan fingerprint density at radius 1 is 1.17 bits per heavy atom. The maximum Gasteiger partial charge on any atom is 0.417 e. The average molecular weight is 443 g/mol. The lowest BCUT2D eigenvalue weighted by Gasteiger charge is -2.28. The first kappa shape index (κ1) is 21.9. The molecule has 2 heterocycles. The molecule has 2 amide bonds. The zero-order chi connectivity index (χ0) is 21.9. The molecule has 0 radical (unpaired) electrons. The molecule has 0 spiro atoms. The Morgan fingerprint density at radius 3 is 2.50 bits per heavy atom. The second-order valence-electron chi connectivity index (χ2n) is 7.12. The fourth-order valence-corrected chi connectivity index (χ4v) is 3.37. The molecular formula is C19H22ClF3N6O. The van der Waals surface area contributed by atoms with Crippen LogP contribution in [0.5, 0.6) is 0 Å². The highest BCUT2D eigenvalue weighted by molar-refractivity contribution is 6.31. The summed E-state index contributed by atoms with van der Waals surface area (Å²) in [5, 5.41) is 4.54. The highest BCUT2D eigenvalue weighted by Crippen LogP contribution is 2.36. The number of anilines is 4. The number of nitrogens with one attached hydrogen (secondary N) is 2. The van der Waals surface area contributed by atoms with Gasteiger partial charge in [-0.05, 0) is 37.5 Å². The summed E-state index contributed by atoms with van der Waals surface area (Å²) in [5.41, 5.74) is -0.727. The Hall–Kier alpha value is -2.75. The zero-order valence-electron chi connectivity index (χ0n) is 16.6. The lowest BCUT2D eigenvalue weighted by Crippen LogP contribution is -2.31. The van der Waals surface area contributed by atoms with Crippen molar-refractivity contribution in [3.63, 3.8) is 0 Å². The Bertz CT molecular complexity index is 916. The van der Waals surface area contributed by atoms with Gasteiger partial charge in [-0.2, -0.15) is 18.2 Å². The predicted molar refractivity (Wildman–Crippen MR) is 112 cm³/mol. The van der Waals surface area contributed by atoms with Crippen molar-refractivity contribution in [2.75, 3.05) is 47.6 Å². The smallest absolute Gasteiger partial charge is 0.361 e. The van der Waals surface area contributed by atoms with Crippen LogP contribution < -0.4 is 20.4 Å². The van der Waals surface area contributed by atoms with Gasteiger partial charge in [0, 0.05) is 32.9 Å². The quantitative estimate of drug-likeness (QED) is 0.708. The average Bonchev–Trinajstić information content (AvgIpc) is 2.69. The summed E-state index contributed by atoms with van der Waals surface area (Å²) < 4.78 is 39.0. The fraction of sp³-hybridized carbons (Fsp3) is 0.421. The lowest BCUT2D eigenvalue weighted by atomic mass is 10.1. The van der Waals surface area contributed by atoms with E-state index >= 15 is 0 Å². The van der Waals surface area contributed by atoms with Crippen molar-refractivity contribution >= 4 is 40.8 Å². The predicted octanol–water partition coefficient (Wildman–Crippen LogP) is 4.85. The Labute approximate surface area is 177 Å². The summed E-state index contributed by atoms with van der Waals surface area (Å²) in [5.74, 6) is 1.07. The Balaban J connectivity index is 1.76. The number of rotatable bonds is 4. The van der Waals surface area contributed by atoms with Gasteiger partial charge in [0.15, 0.2) is 5.82 Å². The standard InChI is InChI=1S/C19H22ClF3N6O/c1-28(2)16-15(11-24-17(27-16)29-8-4-3-5-9-29)26-18(30)25-12-6-7-14(20)13(10-12)19(21,22)23/h6-7,10-11H,3-5,8-9H2,1-2H3,(H2,25,26,30). The van der Waals surface area contributed by atoms with Crippen LogP contribution in [0, 0.1) is 0 Å². The highest BCUT2D eigenvalue weighted by Gasteiger charge is 2.33. The maximum atomic E-state index is 13.0. The minimum atomic E-state index is -4.62. The third-order valence-electron chi connectivity index (χ3n) is 4.60. The third kappa shape index (κ3) is 5.24. The number of alkyl halides is 3. The number of piperidine rings is 1. The van der Waals surface area contributed by atoms with Crippen molar-refractivity contribution in [3.8, 4) is 0 Å². The molecule has 1 fully saturated rings. The molecule has 3 rings (SSSR count).